The molecule has 0 N–H and O–H groups in total. The fourth-order valence-electron chi connectivity index (χ4n) is 3.43. The molecule has 4 rings (SSSR count). The van der Waals surface area contributed by atoms with Gasteiger partial charge in [-0.1, -0.05) is 59.3 Å². The van der Waals surface area contributed by atoms with Gasteiger partial charge in [0.1, 0.15) is 0 Å². The number of thioether (sulfide) groups is 1. The first-order valence-electron chi connectivity index (χ1n) is 10.1. The van der Waals surface area contributed by atoms with Crippen LogP contribution in [-0.4, -0.2) is 16.6 Å². The Labute approximate surface area is 196 Å². The van der Waals surface area contributed by atoms with E-state index in [4.69, 9.17) is 16.6 Å². The van der Waals surface area contributed by atoms with Gasteiger partial charge in [-0.05, 0) is 60.9 Å². The average Bonchev–Trinajstić information content (AvgIpc) is 3.18. The number of carbonyl (C=O) groups is 1. The van der Waals surface area contributed by atoms with Crippen molar-refractivity contribution >= 4 is 56.0 Å². The average molecular weight is 467 g/mol. The molecule has 0 unspecified atom stereocenters. The van der Waals surface area contributed by atoms with Crippen LogP contribution >= 0.6 is 34.7 Å². The van der Waals surface area contributed by atoms with Crippen LogP contribution in [0.25, 0.3) is 10.2 Å². The van der Waals surface area contributed by atoms with Crippen molar-refractivity contribution in [3.63, 3.8) is 0 Å². The maximum absolute atomic E-state index is 13.3. The highest BCUT2D eigenvalue weighted by Crippen LogP contribution is 2.33. The Morgan fingerprint density at radius 3 is 2.55 bits per heavy atom. The Kier molecular flexibility index (Phi) is 6.96. The lowest BCUT2D eigenvalue weighted by Gasteiger charge is -2.20. The minimum atomic E-state index is 0.0822. The van der Waals surface area contributed by atoms with Gasteiger partial charge in [-0.25, -0.2) is 4.98 Å². The van der Waals surface area contributed by atoms with E-state index in [0.29, 0.717) is 18.7 Å². The molecule has 1 aromatic heterocycles. The van der Waals surface area contributed by atoms with Crippen molar-refractivity contribution in [3.8, 4) is 0 Å². The number of aryl methyl sites for hydroxylation is 2. The Morgan fingerprint density at radius 2 is 1.81 bits per heavy atom. The topological polar surface area (TPSA) is 33.2 Å². The number of hydrogen-bond donors (Lipinski definition) is 0. The highest BCUT2D eigenvalue weighted by Gasteiger charge is 2.21. The van der Waals surface area contributed by atoms with E-state index in [2.05, 4.69) is 26.0 Å². The van der Waals surface area contributed by atoms with Gasteiger partial charge < -0.3 is 0 Å². The molecule has 0 saturated carbocycles. The fourth-order valence-corrected chi connectivity index (χ4v) is 5.43. The first kappa shape index (κ1) is 21.9. The van der Waals surface area contributed by atoms with E-state index >= 15 is 0 Å². The van der Waals surface area contributed by atoms with Crippen LogP contribution in [0.5, 0.6) is 0 Å². The second-order valence-electron chi connectivity index (χ2n) is 7.44. The number of amides is 1. The van der Waals surface area contributed by atoms with E-state index in [1.165, 1.54) is 11.1 Å². The number of anilines is 1. The van der Waals surface area contributed by atoms with Crippen LogP contribution < -0.4 is 4.90 Å². The molecule has 0 atom stereocenters. The van der Waals surface area contributed by atoms with Crippen molar-refractivity contribution in [1.82, 2.24) is 4.98 Å². The zero-order valence-corrected chi connectivity index (χ0v) is 19.9. The molecule has 0 saturated heterocycles. The third-order valence-electron chi connectivity index (χ3n) is 4.92. The monoisotopic (exact) mass is 466 g/mol. The maximum Gasteiger partial charge on any atom is 0.229 e. The molecule has 3 aromatic carbocycles. The fraction of sp³-hybridized carbons (Fsp3) is 0.200. The zero-order chi connectivity index (χ0) is 21.8. The molecule has 0 radical (unpaired) electrons. The van der Waals surface area contributed by atoms with Gasteiger partial charge in [0, 0.05) is 22.1 Å². The smallest absolute Gasteiger partial charge is 0.229 e. The van der Waals surface area contributed by atoms with Crippen molar-refractivity contribution in [2.24, 2.45) is 0 Å². The first-order valence-corrected chi connectivity index (χ1v) is 12.3. The highest BCUT2D eigenvalue weighted by molar-refractivity contribution is 7.99. The summed E-state index contributed by atoms with van der Waals surface area (Å²) < 4.78 is 1.14. The summed E-state index contributed by atoms with van der Waals surface area (Å²) in [4.78, 5) is 21.0. The molecule has 31 heavy (non-hydrogen) atoms. The Balaban J connectivity index is 1.55. The van der Waals surface area contributed by atoms with Crippen molar-refractivity contribution in [1.29, 1.82) is 0 Å². The van der Waals surface area contributed by atoms with Gasteiger partial charge in [-0.15, -0.1) is 11.8 Å². The van der Waals surface area contributed by atoms with Crippen LogP contribution in [0.1, 0.15) is 23.1 Å². The molecule has 0 fully saturated rings. The van der Waals surface area contributed by atoms with Crippen molar-refractivity contribution in [2.45, 2.75) is 31.7 Å². The summed E-state index contributed by atoms with van der Waals surface area (Å²) in [5.41, 5.74) is 4.43. The number of fused-ring (bicyclic) bond motifs is 1. The lowest BCUT2D eigenvalue weighted by Crippen LogP contribution is -2.30. The first-order chi connectivity index (χ1) is 15.0. The normalized spacial score (nSPS) is 11.1. The largest absolute Gasteiger partial charge is 0.284 e. The quantitative estimate of drug-likeness (QED) is 0.268. The lowest BCUT2D eigenvalue weighted by atomic mass is 10.1. The summed E-state index contributed by atoms with van der Waals surface area (Å²) in [6.45, 7) is 4.69. The van der Waals surface area contributed by atoms with E-state index in [1.54, 1.807) is 23.1 Å². The van der Waals surface area contributed by atoms with Gasteiger partial charge in [0.2, 0.25) is 5.91 Å². The Morgan fingerprint density at radius 1 is 1.06 bits per heavy atom. The van der Waals surface area contributed by atoms with Gasteiger partial charge in [0.05, 0.1) is 16.8 Å². The van der Waals surface area contributed by atoms with Crippen LogP contribution in [-0.2, 0) is 11.3 Å². The summed E-state index contributed by atoms with van der Waals surface area (Å²) in [5, 5.41) is 1.48. The second-order valence-corrected chi connectivity index (χ2v) is 10.0. The molecule has 158 valence electrons. The number of carbonyl (C=O) groups excluding carboxylic acids is 1. The molecule has 0 aliphatic rings. The molecule has 0 spiro atoms. The molecule has 0 bridgehead atoms. The second kappa shape index (κ2) is 9.86. The number of rotatable bonds is 7. The standard InChI is InChI=1S/C25H23ClN2OS2/c1-17-14-18(2)24-22(15-17)27-25(31-24)28(16-19-6-4-3-5-7-19)23(29)12-13-30-21-10-8-20(26)9-11-21/h3-11,14-15H,12-13,16H2,1-2H3. The SMILES string of the molecule is Cc1cc(C)c2sc(N(Cc3ccccc3)C(=O)CCSc3ccc(Cl)cc3)nc2c1. The number of hydrogen-bond acceptors (Lipinski definition) is 4. The Bertz CT molecular complexity index is 1190. The van der Waals surface area contributed by atoms with Crippen LogP contribution in [0.15, 0.2) is 71.6 Å². The highest BCUT2D eigenvalue weighted by atomic mass is 35.5. The zero-order valence-electron chi connectivity index (χ0n) is 17.5. The number of thiazole rings is 1. The van der Waals surface area contributed by atoms with Gasteiger partial charge >= 0.3 is 0 Å². The van der Waals surface area contributed by atoms with Crippen LogP contribution in [0, 0.1) is 13.8 Å². The molecule has 1 heterocycles. The number of benzene rings is 3. The van der Waals surface area contributed by atoms with Crippen molar-refractivity contribution < 1.29 is 4.79 Å². The van der Waals surface area contributed by atoms with Crippen molar-refractivity contribution in [3.05, 3.63) is 88.4 Å². The molecule has 4 aromatic rings. The molecule has 3 nitrogen and oxygen atoms in total. The minimum Gasteiger partial charge on any atom is -0.284 e. The summed E-state index contributed by atoms with van der Waals surface area (Å²) in [7, 11) is 0. The summed E-state index contributed by atoms with van der Waals surface area (Å²) >= 11 is 9.22. The third-order valence-corrected chi connectivity index (χ3v) is 7.42. The molecule has 6 heteroatoms. The molecular weight excluding hydrogens is 444 g/mol. The molecular formula is C25H23ClN2OS2. The van der Waals surface area contributed by atoms with E-state index in [1.807, 2.05) is 59.5 Å². The van der Waals surface area contributed by atoms with Gasteiger partial charge in [-0.2, -0.15) is 0 Å². The van der Waals surface area contributed by atoms with Crippen LogP contribution in [0.3, 0.4) is 0 Å². The van der Waals surface area contributed by atoms with E-state index in [-0.39, 0.29) is 5.91 Å². The summed E-state index contributed by atoms with van der Waals surface area (Å²) in [6.07, 6.45) is 0.439. The van der Waals surface area contributed by atoms with E-state index in [0.717, 1.165) is 30.8 Å². The predicted molar refractivity (Wildman–Crippen MR) is 134 cm³/mol. The number of nitrogens with zero attached hydrogens (tertiary/aromatic N) is 2. The minimum absolute atomic E-state index is 0.0822. The molecule has 0 aliphatic carbocycles. The van der Waals surface area contributed by atoms with Gasteiger partial charge in [0.15, 0.2) is 5.13 Å². The number of aromatic nitrogens is 1. The van der Waals surface area contributed by atoms with Crippen molar-refractivity contribution in [2.75, 3.05) is 10.7 Å². The molecule has 1 amide bonds. The van der Waals surface area contributed by atoms with Crippen LogP contribution in [0.4, 0.5) is 5.13 Å². The van der Waals surface area contributed by atoms with E-state index in [9.17, 15) is 4.79 Å². The van der Waals surface area contributed by atoms with E-state index < -0.39 is 0 Å². The Hall–Kier alpha value is -2.34. The van der Waals surface area contributed by atoms with Crippen LogP contribution in [0.2, 0.25) is 5.02 Å². The lowest BCUT2D eigenvalue weighted by molar-refractivity contribution is -0.118. The maximum atomic E-state index is 13.3. The predicted octanol–water partition coefficient (Wildman–Crippen LogP) is 7.28. The van der Waals surface area contributed by atoms with Gasteiger partial charge in [0.25, 0.3) is 0 Å². The van der Waals surface area contributed by atoms with Gasteiger partial charge in [-0.3, -0.25) is 9.69 Å². The summed E-state index contributed by atoms with van der Waals surface area (Å²) in [5.74, 6) is 0.785. The molecule has 0 aliphatic heterocycles. The summed E-state index contributed by atoms with van der Waals surface area (Å²) in [6, 6.07) is 22.0. The number of halogens is 1. The third kappa shape index (κ3) is 5.48.